The van der Waals surface area contributed by atoms with Crippen LogP contribution in [0, 0.1) is 5.92 Å². The summed E-state index contributed by atoms with van der Waals surface area (Å²) in [6.45, 7) is 4.23. The lowest BCUT2D eigenvalue weighted by molar-refractivity contribution is 0.249. The predicted octanol–water partition coefficient (Wildman–Crippen LogP) is 2.27. The first-order valence-corrected chi connectivity index (χ1v) is 5.42. The quantitative estimate of drug-likeness (QED) is 0.871. The molecule has 0 amide bonds. The Morgan fingerprint density at radius 2 is 2.29 bits per heavy atom. The van der Waals surface area contributed by atoms with Gasteiger partial charge < -0.3 is 10.4 Å². The molecule has 1 rings (SSSR count). The van der Waals surface area contributed by atoms with Crippen LogP contribution in [-0.2, 0) is 0 Å². The van der Waals surface area contributed by atoms with Crippen molar-refractivity contribution in [1.29, 1.82) is 0 Å². The molecule has 78 valence electrons. The summed E-state index contributed by atoms with van der Waals surface area (Å²) in [4.78, 5) is 4.18. The Morgan fingerprint density at radius 3 is 2.79 bits per heavy atom. The van der Waals surface area contributed by atoms with Crippen molar-refractivity contribution in [3.05, 3.63) is 22.8 Å². The Bertz CT molecular complexity index is 291. The molecule has 2 N–H and O–H groups in total. The number of aliphatic hydroxyl groups excluding tert-OH is 1. The Kier molecular flexibility index (Phi) is 4.35. The lowest BCUT2D eigenvalue weighted by atomic mass is 10.1. The van der Waals surface area contributed by atoms with Gasteiger partial charge in [-0.15, -0.1) is 0 Å². The first kappa shape index (κ1) is 11.5. The zero-order valence-corrected chi connectivity index (χ0v) is 9.95. The van der Waals surface area contributed by atoms with Gasteiger partial charge in [0.2, 0.25) is 0 Å². The standard InChI is InChI=1S/C10H15BrN2O/c1-7(2)9(6-14)13-10-8(11)4-3-5-12-10/h3-5,7,9,14H,6H2,1-2H3,(H,12,13). The average Bonchev–Trinajstić information content (AvgIpc) is 2.16. The van der Waals surface area contributed by atoms with Crippen LogP contribution in [0.5, 0.6) is 0 Å². The second kappa shape index (κ2) is 5.32. The minimum Gasteiger partial charge on any atom is -0.394 e. The van der Waals surface area contributed by atoms with Crippen LogP contribution in [0.3, 0.4) is 0 Å². The molecule has 4 heteroatoms. The molecule has 0 aliphatic carbocycles. The van der Waals surface area contributed by atoms with E-state index in [4.69, 9.17) is 5.11 Å². The Morgan fingerprint density at radius 1 is 1.57 bits per heavy atom. The summed E-state index contributed by atoms with van der Waals surface area (Å²) < 4.78 is 0.916. The highest BCUT2D eigenvalue weighted by Crippen LogP contribution is 2.20. The third-order valence-electron chi connectivity index (χ3n) is 2.08. The van der Waals surface area contributed by atoms with Crippen LogP contribution < -0.4 is 5.32 Å². The number of aliphatic hydroxyl groups is 1. The minimum absolute atomic E-state index is 0.0428. The van der Waals surface area contributed by atoms with Crippen molar-refractivity contribution in [2.75, 3.05) is 11.9 Å². The number of rotatable bonds is 4. The molecule has 0 spiro atoms. The molecule has 0 fully saturated rings. The van der Waals surface area contributed by atoms with Gasteiger partial charge in [-0.1, -0.05) is 13.8 Å². The summed E-state index contributed by atoms with van der Waals surface area (Å²) in [5, 5.41) is 12.3. The van der Waals surface area contributed by atoms with Crippen molar-refractivity contribution in [2.45, 2.75) is 19.9 Å². The van der Waals surface area contributed by atoms with E-state index in [0.717, 1.165) is 10.3 Å². The molecule has 14 heavy (non-hydrogen) atoms. The molecular weight excluding hydrogens is 244 g/mol. The van der Waals surface area contributed by atoms with Gasteiger partial charge in [-0.25, -0.2) is 4.98 Å². The largest absolute Gasteiger partial charge is 0.394 e. The number of nitrogens with zero attached hydrogens (tertiary/aromatic N) is 1. The molecule has 1 atom stereocenters. The zero-order valence-electron chi connectivity index (χ0n) is 8.37. The van der Waals surface area contributed by atoms with Crippen LogP contribution in [0.1, 0.15) is 13.8 Å². The van der Waals surface area contributed by atoms with E-state index >= 15 is 0 Å². The van der Waals surface area contributed by atoms with Crippen LogP contribution in [0.4, 0.5) is 5.82 Å². The van der Waals surface area contributed by atoms with Crippen molar-refractivity contribution in [3.8, 4) is 0 Å². The van der Waals surface area contributed by atoms with Crippen molar-refractivity contribution in [3.63, 3.8) is 0 Å². The number of aromatic nitrogens is 1. The van der Waals surface area contributed by atoms with Crippen LogP contribution in [0.2, 0.25) is 0 Å². The maximum atomic E-state index is 9.14. The highest BCUT2D eigenvalue weighted by molar-refractivity contribution is 9.10. The summed E-state index contributed by atoms with van der Waals surface area (Å²) in [7, 11) is 0. The van der Waals surface area contributed by atoms with E-state index < -0.39 is 0 Å². The Labute approximate surface area is 92.7 Å². The van der Waals surface area contributed by atoms with Crippen LogP contribution in [-0.4, -0.2) is 22.7 Å². The number of pyridine rings is 1. The molecule has 0 radical (unpaired) electrons. The topological polar surface area (TPSA) is 45.1 Å². The number of halogens is 1. The van der Waals surface area contributed by atoms with Gasteiger partial charge in [-0.3, -0.25) is 0 Å². The molecule has 0 aliphatic heterocycles. The van der Waals surface area contributed by atoms with Gasteiger partial charge in [0.05, 0.1) is 17.1 Å². The van der Waals surface area contributed by atoms with Crippen molar-refractivity contribution >= 4 is 21.7 Å². The first-order valence-electron chi connectivity index (χ1n) is 4.63. The molecule has 0 aliphatic rings. The van der Waals surface area contributed by atoms with Gasteiger partial charge in [-0.05, 0) is 34.0 Å². The summed E-state index contributed by atoms with van der Waals surface area (Å²) in [6.07, 6.45) is 1.72. The highest BCUT2D eigenvalue weighted by atomic mass is 79.9. The summed E-state index contributed by atoms with van der Waals surface area (Å²) in [5.74, 6) is 1.15. The van der Waals surface area contributed by atoms with E-state index in [1.54, 1.807) is 6.20 Å². The molecule has 0 saturated heterocycles. The minimum atomic E-state index is 0.0428. The molecule has 1 aromatic rings. The molecule has 1 aromatic heterocycles. The van der Waals surface area contributed by atoms with E-state index in [-0.39, 0.29) is 12.6 Å². The Balaban J connectivity index is 2.72. The maximum absolute atomic E-state index is 9.14. The van der Waals surface area contributed by atoms with Gasteiger partial charge >= 0.3 is 0 Å². The average molecular weight is 259 g/mol. The van der Waals surface area contributed by atoms with Gasteiger partial charge in [0.25, 0.3) is 0 Å². The van der Waals surface area contributed by atoms with E-state index in [0.29, 0.717) is 5.92 Å². The monoisotopic (exact) mass is 258 g/mol. The second-order valence-corrected chi connectivity index (χ2v) is 4.37. The van der Waals surface area contributed by atoms with E-state index in [9.17, 15) is 0 Å². The van der Waals surface area contributed by atoms with Gasteiger partial charge in [0, 0.05) is 6.20 Å². The summed E-state index contributed by atoms with van der Waals surface area (Å²) in [5.41, 5.74) is 0. The third kappa shape index (κ3) is 2.96. The summed E-state index contributed by atoms with van der Waals surface area (Å²) >= 11 is 3.40. The number of hydrogen-bond donors (Lipinski definition) is 2. The fraction of sp³-hybridized carbons (Fsp3) is 0.500. The zero-order chi connectivity index (χ0) is 10.6. The van der Waals surface area contributed by atoms with Gasteiger partial charge in [0.1, 0.15) is 5.82 Å². The molecule has 1 heterocycles. The molecule has 0 saturated carbocycles. The normalized spacial score (nSPS) is 12.9. The Hall–Kier alpha value is -0.610. The van der Waals surface area contributed by atoms with E-state index in [2.05, 4.69) is 40.1 Å². The number of anilines is 1. The van der Waals surface area contributed by atoms with Gasteiger partial charge in [0.15, 0.2) is 0 Å². The molecule has 1 unspecified atom stereocenters. The van der Waals surface area contributed by atoms with Crippen LogP contribution in [0.15, 0.2) is 22.8 Å². The van der Waals surface area contributed by atoms with Crippen molar-refractivity contribution in [1.82, 2.24) is 4.98 Å². The fourth-order valence-electron chi connectivity index (χ4n) is 1.09. The molecular formula is C10H15BrN2O. The van der Waals surface area contributed by atoms with Crippen LogP contribution >= 0.6 is 15.9 Å². The SMILES string of the molecule is CC(C)C(CO)Nc1ncccc1Br. The number of hydrogen-bond acceptors (Lipinski definition) is 3. The van der Waals surface area contributed by atoms with Crippen molar-refractivity contribution in [2.24, 2.45) is 5.92 Å². The highest BCUT2D eigenvalue weighted by Gasteiger charge is 2.13. The molecule has 3 nitrogen and oxygen atoms in total. The smallest absolute Gasteiger partial charge is 0.140 e. The maximum Gasteiger partial charge on any atom is 0.140 e. The van der Waals surface area contributed by atoms with E-state index in [1.165, 1.54) is 0 Å². The van der Waals surface area contributed by atoms with Crippen molar-refractivity contribution < 1.29 is 5.11 Å². The van der Waals surface area contributed by atoms with Gasteiger partial charge in [-0.2, -0.15) is 0 Å². The first-order chi connectivity index (χ1) is 6.65. The second-order valence-electron chi connectivity index (χ2n) is 3.51. The lowest BCUT2D eigenvalue weighted by Gasteiger charge is -2.20. The predicted molar refractivity (Wildman–Crippen MR) is 61.3 cm³/mol. The molecule has 0 bridgehead atoms. The third-order valence-corrected chi connectivity index (χ3v) is 2.72. The lowest BCUT2D eigenvalue weighted by Crippen LogP contribution is -2.29. The fourth-order valence-corrected chi connectivity index (χ4v) is 1.46. The summed E-state index contributed by atoms with van der Waals surface area (Å²) in [6, 6.07) is 3.82. The van der Waals surface area contributed by atoms with E-state index in [1.807, 2.05) is 12.1 Å². The molecule has 0 aromatic carbocycles. The number of nitrogens with one attached hydrogen (secondary N) is 1. The van der Waals surface area contributed by atoms with Crippen LogP contribution in [0.25, 0.3) is 0 Å².